The van der Waals surface area contributed by atoms with Crippen molar-refractivity contribution >= 4 is 16.7 Å². The molecule has 0 saturated carbocycles. The van der Waals surface area contributed by atoms with Gasteiger partial charge in [-0.3, -0.25) is 9.78 Å². The van der Waals surface area contributed by atoms with Gasteiger partial charge in [-0.15, -0.1) is 0 Å². The zero-order valence-electron chi connectivity index (χ0n) is 15.6. The number of ether oxygens (including phenoxy) is 1. The predicted molar refractivity (Wildman–Crippen MR) is 108 cm³/mol. The van der Waals surface area contributed by atoms with Crippen molar-refractivity contribution in [3.63, 3.8) is 0 Å². The largest absolute Gasteiger partial charge is 0.490 e. The van der Waals surface area contributed by atoms with E-state index in [1.54, 1.807) is 0 Å². The summed E-state index contributed by atoms with van der Waals surface area (Å²) in [5, 5.41) is 2.34. The molecule has 0 unspecified atom stereocenters. The minimum absolute atomic E-state index is 0.185. The van der Waals surface area contributed by atoms with E-state index in [2.05, 4.69) is 35.3 Å². The Balaban J connectivity index is 1.41. The summed E-state index contributed by atoms with van der Waals surface area (Å²) in [4.78, 5) is 17.9. The quantitative estimate of drug-likeness (QED) is 0.678. The number of carbonyl (C=O) groups excluding carboxylic acids is 1. The van der Waals surface area contributed by atoms with Gasteiger partial charge in [-0.25, -0.2) is 0 Å². The normalized spacial score (nSPS) is 15.1. The molecule has 138 valence electrons. The summed E-state index contributed by atoms with van der Waals surface area (Å²) in [6.45, 7) is 3.50. The van der Waals surface area contributed by atoms with Crippen LogP contribution in [0.25, 0.3) is 21.9 Å². The molecule has 0 N–H and O–H groups in total. The SMILES string of the molecule is CCC(=O)N1CCC(Oc2ccc(-c3ccc4cnccc4c3)cc2)CC1. The van der Waals surface area contributed by atoms with Gasteiger partial charge in [0.1, 0.15) is 11.9 Å². The Kier molecular flexibility index (Phi) is 5.05. The fourth-order valence-corrected chi connectivity index (χ4v) is 3.63. The fraction of sp³-hybridized carbons (Fsp3) is 0.304. The number of piperidine rings is 1. The van der Waals surface area contributed by atoms with E-state index in [4.69, 9.17) is 4.74 Å². The topological polar surface area (TPSA) is 42.4 Å². The van der Waals surface area contributed by atoms with E-state index in [0.29, 0.717) is 6.42 Å². The first kappa shape index (κ1) is 17.5. The van der Waals surface area contributed by atoms with E-state index in [-0.39, 0.29) is 12.0 Å². The molecule has 0 spiro atoms. The summed E-state index contributed by atoms with van der Waals surface area (Å²) in [6.07, 6.45) is 6.26. The second-order valence-electron chi connectivity index (χ2n) is 7.01. The van der Waals surface area contributed by atoms with Crippen LogP contribution in [0, 0.1) is 0 Å². The number of amides is 1. The second kappa shape index (κ2) is 7.78. The van der Waals surface area contributed by atoms with Gasteiger partial charge in [-0.2, -0.15) is 0 Å². The Morgan fingerprint density at radius 1 is 1.04 bits per heavy atom. The van der Waals surface area contributed by atoms with Gasteiger partial charge in [-0.05, 0) is 40.8 Å². The van der Waals surface area contributed by atoms with Crippen molar-refractivity contribution in [2.45, 2.75) is 32.3 Å². The van der Waals surface area contributed by atoms with Crippen LogP contribution >= 0.6 is 0 Å². The van der Waals surface area contributed by atoms with Crippen molar-refractivity contribution in [3.05, 3.63) is 60.9 Å². The van der Waals surface area contributed by atoms with Crippen LogP contribution in [0.3, 0.4) is 0 Å². The van der Waals surface area contributed by atoms with Crippen molar-refractivity contribution in [2.75, 3.05) is 13.1 Å². The number of fused-ring (bicyclic) bond motifs is 1. The van der Waals surface area contributed by atoms with Gasteiger partial charge in [0.15, 0.2) is 0 Å². The first-order valence-electron chi connectivity index (χ1n) is 9.61. The number of hydrogen-bond acceptors (Lipinski definition) is 3. The minimum atomic E-state index is 0.185. The van der Waals surface area contributed by atoms with Crippen LogP contribution in [0.4, 0.5) is 0 Å². The van der Waals surface area contributed by atoms with E-state index < -0.39 is 0 Å². The molecule has 0 aliphatic carbocycles. The summed E-state index contributed by atoms with van der Waals surface area (Å²) in [5.74, 6) is 1.13. The molecule has 2 aromatic carbocycles. The molecule has 0 atom stereocenters. The molecule has 1 aliphatic rings. The molecule has 3 aromatic rings. The monoisotopic (exact) mass is 360 g/mol. The highest BCUT2D eigenvalue weighted by Crippen LogP contribution is 2.27. The summed E-state index contributed by atoms with van der Waals surface area (Å²) in [5.41, 5.74) is 2.36. The Hall–Kier alpha value is -2.88. The zero-order chi connectivity index (χ0) is 18.6. The number of nitrogens with zero attached hydrogens (tertiary/aromatic N) is 2. The third kappa shape index (κ3) is 3.95. The number of pyridine rings is 1. The van der Waals surface area contributed by atoms with Crippen LogP contribution in [0.5, 0.6) is 5.75 Å². The molecule has 4 heteroatoms. The first-order valence-corrected chi connectivity index (χ1v) is 9.61. The summed E-state index contributed by atoms with van der Waals surface area (Å²) in [7, 11) is 0. The van der Waals surface area contributed by atoms with E-state index >= 15 is 0 Å². The molecule has 1 saturated heterocycles. The van der Waals surface area contributed by atoms with Crippen LogP contribution in [0.1, 0.15) is 26.2 Å². The van der Waals surface area contributed by atoms with Crippen LogP contribution in [-0.4, -0.2) is 35.0 Å². The molecule has 4 rings (SSSR count). The van der Waals surface area contributed by atoms with Crippen LogP contribution in [0.15, 0.2) is 60.9 Å². The lowest BCUT2D eigenvalue weighted by atomic mass is 10.0. The number of hydrogen-bond donors (Lipinski definition) is 0. The number of benzene rings is 2. The van der Waals surface area contributed by atoms with Crippen LogP contribution in [-0.2, 0) is 4.79 Å². The molecular formula is C23H24N2O2. The highest BCUT2D eigenvalue weighted by Gasteiger charge is 2.22. The average molecular weight is 360 g/mol. The van der Waals surface area contributed by atoms with E-state index in [0.717, 1.165) is 37.1 Å². The lowest BCUT2D eigenvalue weighted by Gasteiger charge is -2.32. The number of aromatic nitrogens is 1. The molecule has 1 fully saturated rings. The molecular weight excluding hydrogens is 336 g/mol. The Bertz CT molecular complexity index is 929. The number of rotatable bonds is 4. The Morgan fingerprint density at radius 2 is 1.78 bits per heavy atom. The molecule has 1 amide bonds. The van der Waals surface area contributed by atoms with Gasteiger partial charge in [0, 0.05) is 50.1 Å². The Labute approximate surface area is 159 Å². The van der Waals surface area contributed by atoms with E-state index in [9.17, 15) is 4.79 Å². The fourth-order valence-electron chi connectivity index (χ4n) is 3.63. The van der Waals surface area contributed by atoms with Crippen LogP contribution in [0.2, 0.25) is 0 Å². The van der Waals surface area contributed by atoms with Gasteiger partial charge < -0.3 is 9.64 Å². The van der Waals surface area contributed by atoms with Crippen molar-refractivity contribution in [3.8, 4) is 16.9 Å². The lowest BCUT2D eigenvalue weighted by molar-refractivity contribution is -0.132. The summed E-state index contributed by atoms with van der Waals surface area (Å²) < 4.78 is 6.13. The van der Waals surface area contributed by atoms with Crippen molar-refractivity contribution in [1.82, 2.24) is 9.88 Å². The zero-order valence-corrected chi connectivity index (χ0v) is 15.6. The summed E-state index contributed by atoms with van der Waals surface area (Å²) >= 11 is 0. The third-order valence-electron chi connectivity index (χ3n) is 5.23. The molecule has 27 heavy (non-hydrogen) atoms. The van der Waals surface area contributed by atoms with E-state index in [1.165, 1.54) is 16.5 Å². The maximum Gasteiger partial charge on any atom is 0.222 e. The van der Waals surface area contributed by atoms with Gasteiger partial charge in [-0.1, -0.05) is 31.2 Å². The maximum atomic E-state index is 11.8. The molecule has 2 heterocycles. The maximum absolute atomic E-state index is 11.8. The molecule has 0 bridgehead atoms. The van der Waals surface area contributed by atoms with Crippen molar-refractivity contribution in [1.29, 1.82) is 0 Å². The second-order valence-corrected chi connectivity index (χ2v) is 7.01. The summed E-state index contributed by atoms with van der Waals surface area (Å²) in [6, 6.07) is 16.7. The minimum Gasteiger partial charge on any atom is -0.490 e. The highest BCUT2D eigenvalue weighted by atomic mass is 16.5. The van der Waals surface area contributed by atoms with Crippen molar-refractivity contribution in [2.24, 2.45) is 0 Å². The third-order valence-corrected chi connectivity index (χ3v) is 5.23. The van der Waals surface area contributed by atoms with Crippen LogP contribution < -0.4 is 4.74 Å². The van der Waals surface area contributed by atoms with Gasteiger partial charge in [0.05, 0.1) is 0 Å². The predicted octanol–water partition coefficient (Wildman–Crippen LogP) is 4.68. The molecule has 0 radical (unpaired) electrons. The van der Waals surface area contributed by atoms with Gasteiger partial charge in [0.2, 0.25) is 5.91 Å². The van der Waals surface area contributed by atoms with E-state index in [1.807, 2.05) is 42.4 Å². The van der Waals surface area contributed by atoms with Gasteiger partial charge in [0.25, 0.3) is 0 Å². The average Bonchev–Trinajstić information content (AvgIpc) is 2.74. The number of carbonyl (C=O) groups is 1. The Morgan fingerprint density at radius 3 is 2.52 bits per heavy atom. The lowest BCUT2D eigenvalue weighted by Crippen LogP contribution is -2.41. The standard InChI is InChI=1S/C23H24N2O2/c1-2-23(26)25-13-10-22(11-14-25)27-21-7-5-17(6-8-21)18-3-4-20-16-24-12-9-19(20)15-18/h3-9,12,15-16,22H,2,10-11,13-14H2,1H3. The smallest absolute Gasteiger partial charge is 0.222 e. The first-order chi connectivity index (χ1) is 13.2. The van der Waals surface area contributed by atoms with Crippen molar-refractivity contribution < 1.29 is 9.53 Å². The highest BCUT2D eigenvalue weighted by molar-refractivity contribution is 5.86. The van der Waals surface area contributed by atoms with Gasteiger partial charge >= 0.3 is 0 Å². The molecule has 1 aliphatic heterocycles. The molecule has 4 nitrogen and oxygen atoms in total. The number of likely N-dealkylation sites (tertiary alicyclic amines) is 1. The molecule has 1 aromatic heterocycles.